The molecule has 2 rings (SSSR count). The number of ether oxygens (including phenoxy) is 1. The third-order valence-corrected chi connectivity index (χ3v) is 3.07. The van der Waals surface area contributed by atoms with E-state index in [1.54, 1.807) is 0 Å². The van der Waals surface area contributed by atoms with E-state index in [0.717, 1.165) is 21.4 Å². The van der Waals surface area contributed by atoms with Crippen molar-refractivity contribution < 1.29 is 20.1 Å². The van der Waals surface area contributed by atoms with Gasteiger partial charge in [0.2, 0.25) is 0 Å². The Morgan fingerprint density at radius 1 is 1.32 bits per heavy atom. The molecule has 1 aliphatic heterocycles. The fourth-order valence-corrected chi connectivity index (χ4v) is 2.00. The molecule has 0 aliphatic carbocycles. The lowest BCUT2D eigenvalue weighted by Gasteiger charge is -2.18. The van der Waals surface area contributed by atoms with Crippen LogP contribution in [0.3, 0.4) is 0 Å². The quantitative estimate of drug-likeness (QED) is 0.448. The van der Waals surface area contributed by atoms with E-state index >= 15 is 0 Å². The predicted molar refractivity (Wildman–Crippen MR) is 62.2 cm³/mol. The van der Waals surface area contributed by atoms with E-state index in [0.29, 0.717) is 0 Å². The minimum Gasteiger partial charge on any atom is -0.394 e. The first-order valence-corrected chi connectivity index (χ1v) is 5.65. The van der Waals surface area contributed by atoms with Crippen LogP contribution in [0.5, 0.6) is 0 Å². The highest BCUT2D eigenvalue weighted by atomic mass is 16.6. The van der Waals surface area contributed by atoms with E-state index in [9.17, 15) is 19.8 Å². The van der Waals surface area contributed by atoms with Gasteiger partial charge < -0.3 is 25.8 Å². The molecule has 0 radical (unpaired) electrons. The molecule has 4 atom stereocenters. The maximum Gasteiger partial charge on any atom is 0.334 e. The van der Waals surface area contributed by atoms with Crippen LogP contribution in [-0.4, -0.2) is 49.4 Å². The summed E-state index contributed by atoms with van der Waals surface area (Å²) in [6, 6.07) is 1.10. The Bertz CT molecular complexity index is 567. The van der Waals surface area contributed by atoms with Gasteiger partial charge in [0, 0.05) is 12.3 Å². The zero-order chi connectivity index (χ0) is 14.2. The summed E-state index contributed by atoms with van der Waals surface area (Å²) in [4.78, 5) is 23.3. The smallest absolute Gasteiger partial charge is 0.334 e. The first kappa shape index (κ1) is 13.9. The van der Waals surface area contributed by atoms with Crippen molar-refractivity contribution in [3.05, 3.63) is 33.1 Å². The van der Waals surface area contributed by atoms with Crippen LogP contribution in [0.4, 0.5) is 0 Å². The number of hydrogen-bond donors (Lipinski definition) is 4. The van der Waals surface area contributed by atoms with Crippen molar-refractivity contribution in [2.45, 2.75) is 31.2 Å². The Kier molecular flexibility index (Phi) is 3.83. The molecule has 1 aromatic rings. The average molecular weight is 273 g/mol. The molecule has 0 unspecified atom stereocenters. The van der Waals surface area contributed by atoms with Gasteiger partial charge in [0.25, 0.3) is 5.56 Å². The van der Waals surface area contributed by atoms with Crippen LogP contribution in [0.25, 0.3) is 0 Å². The summed E-state index contributed by atoms with van der Waals surface area (Å²) in [6.07, 6.45) is -3.74. The zero-order valence-corrected chi connectivity index (χ0v) is 9.92. The Balaban J connectivity index is 2.44. The summed E-state index contributed by atoms with van der Waals surface area (Å²) in [5.74, 6) is 0. The maximum absolute atomic E-state index is 12.0. The highest BCUT2D eigenvalue weighted by Crippen LogP contribution is 2.27. The van der Waals surface area contributed by atoms with Crippen LogP contribution in [0.1, 0.15) is 6.23 Å². The second-order valence-corrected chi connectivity index (χ2v) is 4.18. The lowest BCUT2D eigenvalue weighted by Crippen LogP contribution is -2.44. The van der Waals surface area contributed by atoms with Gasteiger partial charge in [0.15, 0.2) is 6.23 Å². The van der Waals surface area contributed by atoms with Crippen molar-refractivity contribution in [1.29, 1.82) is 0 Å². The molecule has 0 saturated carbocycles. The zero-order valence-electron chi connectivity index (χ0n) is 9.92. The summed E-state index contributed by atoms with van der Waals surface area (Å²) < 4.78 is 6.91. The van der Waals surface area contributed by atoms with Crippen molar-refractivity contribution in [3.63, 3.8) is 0 Å². The molecule has 0 amide bonds. The molecular weight excluding hydrogens is 258 g/mol. The van der Waals surface area contributed by atoms with E-state index in [1.807, 2.05) is 0 Å². The van der Waals surface area contributed by atoms with E-state index in [1.165, 1.54) is 0 Å². The molecule has 106 valence electrons. The molecule has 1 saturated heterocycles. The average Bonchev–Trinajstić information content (AvgIpc) is 2.67. The number of aliphatic hydroxyl groups is 3. The van der Waals surface area contributed by atoms with Gasteiger partial charge >= 0.3 is 5.69 Å². The van der Waals surface area contributed by atoms with Gasteiger partial charge in [0.05, 0.1) is 13.3 Å². The third-order valence-electron chi connectivity index (χ3n) is 3.07. The topological polar surface area (TPSA) is 140 Å². The first-order valence-electron chi connectivity index (χ1n) is 5.65. The van der Waals surface area contributed by atoms with Gasteiger partial charge in [-0.2, -0.15) is 0 Å². The highest BCUT2D eigenvalue weighted by molar-refractivity contribution is 4.94. The van der Waals surface area contributed by atoms with Gasteiger partial charge in [-0.3, -0.25) is 9.36 Å². The number of nitrogens with two attached hydrogens (primary N) is 1. The molecule has 9 nitrogen and oxygen atoms in total. The molecule has 19 heavy (non-hydrogen) atoms. The van der Waals surface area contributed by atoms with Crippen LogP contribution in [0, 0.1) is 0 Å². The van der Waals surface area contributed by atoms with Crippen LogP contribution in [0.2, 0.25) is 0 Å². The molecule has 0 bridgehead atoms. The second-order valence-electron chi connectivity index (χ2n) is 4.18. The van der Waals surface area contributed by atoms with Crippen LogP contribution >= 0.6 is 0 Å². The first-order chi connectivity index (χ1) is 9.01. The Hall–Kier alpha value is -1.52. The molecule has 1 aliphatic rings. The molecule has 1 aromatic heterocycles. The van der Waals surface area contributed by atoms with Crippen LogP contribution < -0.4 is 17.0 Å². The summed E-state index contributed by atoms with van der Waals surface area (Å²) >= 11 is 0. The molecule has 0 aromatic carbocycles. The van der Waals surface area contributed by atoms with Crippen molar-refractivity contribution >= 4 is 0 Å². The lowest BCUT2D eigenvalue weighted by atomic mass is 10.1. The number of hydrogen-bond acceptors (Lipinski definition) is 7. The molecule has 1 fully saturated rings. The fraction of sp³-hybridized carbons (Fsp3) is 0.600. The fourth-order valence-electron chi connectivity index (χ4n) is 2.00. The largest absolute Gasteiger partial charge is 0.394 e. The number of nitrogens with zero attached hydrogens (tertiary/aromatic N) is 2. The van der Waals surface area contributed by atoms with Gasteiger partial charge in [-0.15, -0.1) is 0 Å². The Labute approximate surface area is 107 Å². The molecule has 2 heterocycles. The van der Waals surface area contributed by atoms with E-state index in [4.69, 9.17) is 15.6 Å². The van der Waals surface area contributed by atoms with Gasteiger partial charge in [-0.05, 0) is 0 Å². The summed E-state index contributed by atoms with van der Waals surface area (Å²) in [7, 11) is 0. The van der Waals surface area contributed by atoms with Crippen molar-refractivity contribution in [3.8, 4) is 0 Å². The van der Waals surface area contributed by atoms with E-state index < -0.39 is 42.4 Å². The molecule has 0 spiro atoms. The predicted octanol–water partition coefficient (Wildman–Crippen LogP) is -3.46. The van der Waals surface area contributed by atoms with E-state index in [2.05, 4.69) is 0 Å². The third kappa shape index (κ3) is 2.22. The minimum absolute atomic E-state index is 0.312. The molecular formula is C10H15N3O6. The van der Waals surface area contributed by atoms with E-state index in [-0.39, 0.29) is 6.67 Å². The number of aromatic nitrogens is 2. The van der Waals surface area contributed by atoms with Crippen molar-refractivity contribution in [1.82, 2.24) is 9.13 Å². The second kappa shape index (κ2) is 5.23. The standard InChI is InChI=1S/C10H15N3O6/c11-4-13-6(15)1-2-12(10(13)18)9-8(17)7(16)5(3-14)19-9/h1-2,5,7-9,14,16-17H,3-4,11H2/t5-,7-,8-,9-/m1/s1. The highest BCUT2D eigenvalue weighted by Gasteiger charge is 2.43. The molecule has 5 N–H and O–H groups in total. The Morgan fingerprint density at radius 3 is 2.53 bits per heavy atom. The monoisotopic (exact) mass is 273 g/mol. The van der Waals surface area contributed by atoms with Gasteiger partial charge in [-0.25, -0.2) is 9.36 Å². The molecule has 9 heteroatoms. The van der Waals surface area contributed by atoms with Crippen LogP contribution in [-0.2, 0) is 11.4 Å². The lowest BCUT2D eigenvalue weighted by molar-refractivity contribution is -0.0556. The minimum atomic E-state index is -1.39. The summed E-state index contributed by atoms with van der Waals surface area (Å²) in [5, 5.41) is 28.4. The summed E-state index contributed by atoms with van der Waals surface area (Å²) in [6.45, 7) is -0.812. The number of rotatable bonds is 3. The summed E-state index contributed by atoms with van der Waals surface area (Å²) in [5.41, 5.74) is 3.96. The maximum atomic E-state index is 12.0. The normalized spacial score (nSPS) is 30.7. The van der Waals surface area contributed by atoms with Crippen molar-refractivity contribution in [2.24, 2.45) is 5.73 Å². The van der Waals surface area contributed by atoms with Crippen LogP contribution in [0.15, 0.2) is 21.9 Å². The van der Waals surface area contributed by atoms with Gasteiger partial charge in [-0.1, -0.05) is 0 Å². The van der Waals surface area contributed by atoms with Gasteiger partial charge in [0.1, 0.15) is 18.3 Å². The Morgan fingerprint density at radius 2 is 2.00 bits per heavy atom. The number of aliphatic hydroxyl groups excluding tert-OH is 3. The SMILES string of the molecule is NCn1c(=O)ccn([C@@H]2O[C@H](CO)[C@@H](O)[C@H]2O)c1=O. The van der Waals surface area contributed by atoms with Crippen molar-refractivity contribution in [2.75, 3.05) is 6.61 Å².